The highest BCUT2D eigenvalue weighted by Gasteiger charge is 2.34. The summed E-state index contributed by atoms with van der Waals surface area (Å²) in [6.45, 7) is 0. The van der Waals surface area contributed by atoms with E-state index in [2.05, 4.69) is 10.1 Å². The lowest BCUT2D eigenvalue weighted by molar-refractivity contribution is -0.150. The SMILES string of the molecule is O=C(O)C1CCC(c2nc(-c3ccc(Cl)cc3)no2)O1. The Hall–Kier alpha value is -1.92. The van der Waals surface area contributed by atoms with Crippen molar-refractivity contribution >= 4 is 17.6 Å². The highest BCUT2D eigenvalue weighted by molar-refractivity contribution is 6.30. The lowest BCUT2D eigenvalue weighted by Gasteiger charge is -2.05. The van der Waals surface area contributed by atoms with Crippen LogP contribution < -0.4 is 0 Å². The van der Waals surface area contributed by atoms with Crippen LogP contribution in [-0.2, 0) is 9.53 Å². The van der Waals surface area contributed by atoms with Crippen molar-refractivity contribution in [2.75, 3.05) is 0 Å². The molecule has 7 heteroatoms. The number of aliphatic carboxylic acids is 1. The van der Waals surface area contributed by atoms with E-state index < -0.39 is 18.2 Å². The van der Waals surface area contributed by atoms with Crippen LogP contribution in [0, 0.1) is 0 Å². The number of halogens is 1. The molecule has 2 atom stereocenters. The Morgan fingerprint density at radius 3 is 2.70 bits per heavy atom. The number of carbonyl (C=O) groups is 1. The van der Waals surface area contributed by atoms with Crippen LogP contribution in [0.3, 0.4) is 0 Å². The van der Waals surface area contributed by atoms with Gasteiger partial charge in [0.05, 0.1) is 0 Å². The molecule has 0 spiro atoms. The molecule has 1 aromatic heterocycles. The molecule has 0 saturated carbocycles. The predicted octanol–water partition coefficient (Wildman–Crippen LogP) is 2.69. The number of aromatic nitrogens is 2. The molecular weight excluding hydrogens is 284 g/mol. The molecule has 6 nitrogen and oxygen atoms in total. The lowest BCUT2D eigenvalue weighted by atomic mass is 10.2. The van der Waals surface area contributed by atoms with Crippen LogP contribution in [0.1, 0.15) is 24.8 Å². The molecule has 2 unspecified atom stereocenters. The van der Waals surface area contributed by atoms with Crippen molar-refractivity contribution in [1.82, 2.24) is 10.1 Å². The van der Waals surface area contributed by atoms with Crippen molar-refractivity contribution in [3.05, 3.63) is 35.2 Å². The molecule has 2 heterocycles. The molecule has 0 radical (unpaired) electrons. The Bertz CT molecular complexity index is 626. The second kappa shape index (κ2) is 5.22. The number of carboxylic acids is 1. The van der Waals surface area contributed by atoms with Gasteiger partial charge in [-0.1, -0.05) is 16.8 Å². The molecule has 0 aliphatic carbocycles. The normalized spacial score (nSPS) is 22.1. The topological polar surface area (TPSA) is 85.5 Å². The van der Waals surface area contributed by atoms with Gasteiger partial charge in [0.1, 0.15) is 6.10 Å². The number of ether oxygens (including phenoxy) is 1. The van der Waals surface area contributed by atoms with Crippen molar-refractivity contribution in [2.45, 2.75) is 25.0 Å². The van der Waals surface area contributed by atoms with Crippen LogP contribution in [0.15, 0.2) is 28.8 Å². The monoisotopic (exact) mass is 294 g/mol. The first-order valence-corrected chi connectivity index (χ1v) is 6.49. The van der Waals surface area contributed by atoms with Crippen LogP contribution in [-0.4, -0.2) is 27.3 Å². The maximum atomic E-state index is 10.8. The van der Waals surface area contributed by atoms with Gasteiger partial charge in [-0.2, -0.15) is 4.98 Å². The molecule has 3 rings (SSSR count). The summed E-state index contributed by atoms with van der Waals surface area (Å²) in [5.41, 5.74) is 0.775. The molecular formula is C13H11ClN2O4. The second-order valence-corrected chi connectivity index (χ2v) is 4.93. The fourth-order valence-corrected chi connectivity index (χ4v) is 2.21. The quantitative estimate of drug-likeness (QED) is 0.936. The highest BCUT2D eigenvalue weighted by atomic mass is 35.5. The van der Waals surface area contributed by atoms with Gasteiger partial charge in [0.2, 0.25) is 5.82 Å². The van der Waals surface area contributed by atoms with Crippen molar-refractivity contribution in [2.24, 2.45) is 0 Å². The third-order valence-corrected chi connectivity index (χ3v) is 3.37. The minimum atomic E-state index is -0.968. The van der Waals surface area contributed by atoms with Gasteiger partial charge in [-0.3, -0.25) is 0 Å². The van der Waals surface area contributed by atoms with E-state index in [1.54, 1.807) is 24.3 Å². The summed E-state index contributed by atoms with van der Waals surface area (Å²) in [6, 6.07) is 7.04. The third-order valence-electron chi connectivity index (χ3n) is 3.11. The van der Waals surface area contributed by atoms with E-state index in [1.165, 1.54) is 0 Å². The van der Waals surface area contributed by atoms with Gasteiger partial charge in [0.25, 0.3) is 5.89 Å². The standard InChI is InChI=1S/C13H11ClN2O4/c14-8-3-1-7(2-4-8)11-15-12(20-16-11)9-5-6-10(19-9)13(17)18/h1-4,9-10H,5-6H2,(H,17,18). The molecule has 0 bridgehead atoms. The van der Waals surface area contributed by atoms with Gasteiger partial charge in [0, 0.05) is 10.6 Å². The van der Waals surface area contributed by atoms with Crippen LogP contribution in [0.5, 0.6) is 0 Å². The van der Waals surface area contributed by atoms with Gasteiger partial charge in [-0.05, 0) is 37.1 Å². The Morgan fingerprint density at radius 2 is 2.05 bits per heavy atom. The number of hydrogen-bond donors (Lipinski definition) is 1. The summed E-state index contributed by atoms with van der Waals surface area (Å²) >= 11 is 5.81. The maximum Gasteiger partial charge on any atom is 0.332 e. The Morgan fingerprint density at radius 1 is 1.30 bits per heavy atom. The summed E-state index contributed by atoms with van der Waals surface area (Å²) < 4.78 is 10.5. The molecule has 1 aliphatic rings. The molecule has 0 amide bonds. The largest absolute Gasteiger partial charge is 0.479 e. The van der Waals surface area contributed by atoms with Crippen LogP contribution in [0.25, 0.3) is 11.4 Å². The van der Waals surface area contributed by atoms with E-state index in [-0.39, 0.29) is 0 Å². The number of nitrogens with zero attached hydrogens (tertiary/aromatic N) is 2. The predicted molar refractivity (Wildman–Crippen MR) is 69.2 cm³/mol. The number of rotatable bonds is 3. The fourth-order valence-electron chi connectivity index (χ4n) is 2.08. The maximum absolute atomic E-state index is 10.8. The smallest absolute Gasteiger partial charge is 0.332 e. The minimum Gasteiger partial charge on any atom is -0.479 e. The fraction of sp³-hybridized carbons (Fsp3) is 0.308. The van der Waals surface area contributed by atoms with Crippen LogP contribution >= 0.6 is 11.6 Å². The average Bonchev–Trinajstić information content (AvgIpc) is 3.08. The molecule has 1 aromatic carbocycles. The lowest BCUT2D eigenvalue weighted by Crippen LogP contribution is -2.18. The zero-order chi connectivity index (χ0) is 14.1. The first-order valence-electron chi connectivity index (χ1n) is 6.11. The van der Waals surface area contributed by atoms with Gasteiger partial charge in [-0.15, -0.1) is 0 Å². The van der Waals surface area contributed by atoms with E-state index in [1.807, 2.05) is 0 Å². The van der Waals surface area contributed by atoms with E-state index in [0.29, 0.717) is 29.6 Å². The number of benzene rings is 1. The number of carboxylic acid groups (broad SMARTS) is 1. The molecule has 104 valence electrons. The van der Waals surface area contributed by atoms with Crippen LogP contribution in [0.4, 0.5) is 0 Å². The highest BCUT2D eigenvalue weighted by Crippen LogP contribution is 2.32. The minimum absolute atomic E-state index is 0.304. The first-order chi connectivity index (χ1) is 9.63. The van der Waals surface area contributed by atoms with E-state index >= 15 is 0 Å². The van der Waals surface area contributed by atoms with E-state index in [0.717, 1.165) is 5.56 Å². The summed E-state index contributed by atoms with van der Waals surface area (Å²) in [4.78, 5) is 15.1. The summed E-state index contributed by atoms with van der Waals surface area (Å²) in [5.74, 6) is -0.234. The molecule has 1 saturated heterocycles. The van der Waals surface area contributed by atoms with Crippen molar-refractivity contribution in [3.63, 3.8) is 0 Å². The molecule has 1 N–H and O–H groups in total. The molecule has 1 aliphatic heterocycles. The third kappa shape index (κ3) is 2.52. The second-order valence-electron chi connectivity index (χ2n) is 4.49. The zero-order valence-corrected chi connectivity index (χ0v) is 11.1. The van der Waals surface area contributed by atoms with Crippen LogP contribution in [0.2, 0.25) is 5.02 Å². The summed E-state index contributed by atoms with van der Waals surface area (Å²) in [5, 5.41) is 13.4. The molecule has 1 fully saturated rings. The van der Waals surface area contributed by atoms with Gasteiger partial charge >= 0.3 is 5.97 Å². The van der Waals surface area contributed by atoms with Crippen molar-refractivity contribution in [1.29, 1.82) is 0 Å². The van der Waals surface area contributed by atoms with Crippen molar-refractivity contribution in [3.8, 4) is 11.4 Å². The van der Waals surface area contributed by atoms with Crippen molar-refractivity contribution < 1.29 is 19.2 Å². The van der Waals surface area contributed by atoms with Gasteiger partial charge < -0.3 is 14.4 Å². The zero-order valence-electron chi connectivity index (χ0n) is 10.3. The number of hydrogen-bond acceptors (Lipinski definition) is 5. The average molecular weight is 295 g/mol. The summed E-state index contributed by atoms with van der Waals surface area (Å²) in [7, 11) is 0. The Balaban J connectivity index is 1.77. The Labute approximate surface area is 119 Å². The van der Waals surface area contributed by atoms with E-state index in [9.17, 15) is 4.79 Å². The molecule has 2 aromatic rings. The van der Waals surface area contributed by atoms with E-state index in [4.69, 9.17) is 26.0 Å². The summed E-state index contributed by atoms with van der Waals surface area (Å²) in [6.07, 6.45) is -0.256. The molecule has 20 heavy (non-hydrogen) atoms. The van der Waals surface area contributed by atoms with Gasteiger partial charge in [0.15, 0.2) is 6.10 Å². The first kappa shape index (κ1) is 13.1. The Kier molecular flexibility index (Phi) is 3.42. The van der Waals surface area contributed by atoms with Gasteiger partial charge in [-0.25, -0.2) is 4.79 Å².